The van der Waals surface area contributed by atoms with Gasteiger partial charge >= 0.3 is 6.09 Å². The van der Waals surface area contributed by atoms with E-state index < -0.39 is 23.1 Å². The van der Waals surface area contributed by atoms with Crippen molar-refractivity contribution < 1.29 is 14.3 Å². The zero-order valence-electron chi connectivity index (χ0n) is 13.4. The topological polar surface area (TPSA) is 71.5 Å². The van der Waals surface area contributed by atoms with Crippen LogP contribution in [0, 0.1) is 0 Å². The standard InChI is InChI=1S/C15H23N3O3/c1-14(2,3)18(17-13(20)21-15(4,5)6)12(19)11-9-7-8-10-16-11/h7-10H,1-6H3,(H,17,20). The summed E-state index contributed by atoms with van der Waals surface area (Å²) in [5.74, 6) is -0.394. The lowest BCUT2D eigenvalue weighted by molar-refractivity contribution is 0.0115. The summed E-state index contributed by atoms with van der Waals surface area (Å²) < 4.78 is 5.19. The van der Waals surface area contributed by atoms with Crippen LogP contribution in [-0.2, 0) is 4.74 Å². The van der Waals surface area contributed by atoms with Gasteiger partial charge in [-0.3, -0.25) is 9.78 Å². The van der Waals surface area contributed by atoms with Gasteiger partial charge in [0.15, 0.2) is 0 Å². The number of hydrogen-bond acceptors (Lipinski definition) is 4. The average Bonchev–Trinajstić information content (AvgIpc) is 2.33. The maximum absolute atomic E-state index is 12.5. The first-order valence-electron chi connectivity index (χ1n) is 6.76. The Labute approximate surface area is 125 Å². The SMILES string of the molecule is CC(C)(C)OC(=O)NN(C(=O)c1ccccn1)C(C)(C)C. The Morgan fingerprint density at radius 1 is 1.14 bits per heavy atom. The molecule has 0 spiro atoms. The molecule has 0 fully saturated rings. The fourth-order valence-electron chi connectivity index (χ4n) is 1.52. The molecule has 2 amide bonds. The summed E-state index contributed by atoms with van der Waals surface area (Å²) in [6.07, 6.45) is 0.850. The van der Waals surface area contributed by atoms with Gasteiger partial charge in [0.2, 0.25) is 0 Å². The van der Waals surface area contributed by atoms with Crippen LogP contribution in [0.2, 0.25) is 0 Å². The van der Waals surface area contributed by atoms with Crippen LogP contribution in [0.25, 0.3) is 0 Å². The summed E-state index contributed by atoms with van der Waals surface area (Å²) in [7, 11) is 0. The van der Waals surface area contributed by atoms with Gasteiger partial charge < -0.3 is 4.74 Å². The number of hydrazine groups is 1. The first kappa shape index (κ1) is 16.9. The van der Waals surface area contributed by atoms with Crippen LogP contribution in [0.3, 0.4) is 0 Å². The lowest BCUT2D eigenvalue weighted by Gasteiger charge is -2.35. The highest BCUT2D eigenvalue weighted by Gasteiger charge is 2.31. The molecule has 0 saturated heterocycles. The summed E-state index contributed by atoms with van der Waals surface area (Å²) in [4.78, 5) is 28.4. The van der Waals surface area contributed by atoms with E-state index in [0.717, 1.165) is 0 Å². The minimum Gasteiger partial charge on any atom is -0.443 e. The van der Waals surface area contributed by atoms with E-state index in [4.69, 9.17) is 4.74 Å². The van der Waals surface area contributed by atoms with Gasteiger partial charge in [-0.15, -0.1) is 0 Å². The minimum atomic E-state index is -0.679. The van der Waals surface area contributed by atoms with Crippen molar-refractivity contribution in [3.8, 4) is 0 Å². The fraction of sp³-hybridized carbons (Fsp3) is 0.533. The second kappa shape index (κ2) is 6.11. The number of nitrogens with one attached hydrogen (secondary N) is 1. The molecule has 1 rings (SSSR count). The minimum absolute atomic E-state index is 0.253. The van der Waals surface area contributed by atoms with Crippen LogP contribution in [0.1, 0.15) is 52.0 Å². The zero-order valence-corrected chi connectivity index (χ0v) is 13.4. The first-order valence-corrected chi connectivity index (χ1v) is 6.76. The van der Waals surface area contributed by atoms with E-state index in [2.05, 4.69) is 10.4 Å². The van der Waals surface area contributed by atoms with E-state index in [1.165, 1.54) is 11.2 Å². The molecule has 0 bridgehead atoms. The van der Waals surface area contributed by atoms with Crippen molar-refractivity contribution in [1.82, 2.24) is 15.4 Å². The molecule has 1 N–H and O–H groups in total. The molecule has 0 unspecified atom stereocenters. The number of rotatable bonds is 1. The molecule has 0 aliphatic heterocycles. The summed E-state index contributed by atoms with van der Waals surface area (Å²) in [6.45, 7) is 10.7. The molecule has 116 valence electrons. The van der Waals surface area contributed by atoms with Crippen molar-refractivity contribution in [3.05, 3.63) is 30.1 Å². The number of aromatic nitrogens is 1. The molecule has 0 aliphatic rings. The maximum atomic E-state index is 12.5. The van der Waals surface area contributed by atoms with Crippen molar-refractivity contribution in [2.45, 2.75) is 52.7 Å². The van der Waals surface area contributed by atoms with E-state index in [-0.39, 0.29) is 5.69 Å². The third kappa shape index (κ3) is 5.41. The lowest BCUT2D eigenvalue weighted by atomic mass is 10.1. The smallest absolute Gasteiger partial charge is 0.426 e. The fourth-order valence-corrected chi connectivity index (χ4v) is 1.52. The number of carbonyl (C=O) groups excluding carboxylic acids is 2. The number of pyridine rings is 1. The van der Waals surface area contributed by atoms with Gasteiger partial charge in [-0.2, -0.15) is 0 Å². The maximum Gasteiger partial charge on any atom is 0.426 e. The van der Waals surface area contributed by atoms with E-state index in [9.17, 15) is 9.59 Å². The quantitative estimate of drug-likeness (QED) is 0.808. The van der Waals surface area contributed by atoms with Crippen molar-refractivity contribution in [3.63, 3.8) is 0 Å². The number of nitrogens with zero attached hydrogens (tertiary/aromatic N) is 2. The lowest BCUT2D eigenvalue weighted by Crippen LogP contribution is -2.56. The molecule has 0 saturated carbocycles. The molecule has 0 atom stereocenters. The van der Waals surface area contributed by atoms with Crippen LogP contribution in [0.4, 0.5) is 4.79 Å². The van der Waals surface area contributed by atoms with Gasteiger partial charge in [0.25, 0.3) is 5.91 Å². The predicted molar refractivity (Wildman–Crippen MR) is 79.5 cm³/mol. The Morgan fingerprint density at radius 2 is 1.76 bits per heavy atom. The van der Waals surface area contributed by atoms with Crippen LogP contribution >= 0.6 is 0 Å². The highest BCUT2D eigenvalue weighted by molar-refractivity contribution is 5.93. The third-order valence-electron chi connectivity index (χ3n) is 2.36. The van der Waals surface area contributed by atoms with E-state index in [1.54, 1.807) is 39.0 Å². The second-order valence-corrected chi connectivity index (χ2v) is 6.64. The van der Waals surface area contributed by atoms with Gasteiger partial charge in [0, 0.05) is 6.20 Å². The Kier molecular flexibility index (Phi) is 4.93. The largest absolute Gasteiger partial charge is 0.443 e. The molecule has 21 heavy (non-hydrogen) atoms. The Morgan fingerprint density at radius 3 is 2.19 bits per heavy atom. The van der Waals surface area contributed by atoms with E-state index in [1.807, 2.05) is 20.8 Å². The van der Waals surface area contributed by atoms with Crippen LogP contribution < -0.4 is 5.43 Å². The molecule has 0 radical (unpaired) electrons. The second-order valence-electron chi connectivity index (χ2n) is 6.64. The summed E-state index contributed by atoms with van der Waals surface area (Å²) in [5.41, 5.74) is 1.49. The molecule has 1 aromatic heterocycles. The summed E-state index contributed by atoms with van der Waals surface area (Å²) in [6, 6.07) is 5.03. The molecular formula is C15H23N3O3. The Balaban J connectivity index is 2.93. The molecule has 0 aliphatic carbocycles. The van der Waals surface area contributed by atoms with Crippen LogP contribution in [0.15, 0.2) is 24.4 Å². The molecule has 6 heteroatoms. The Bertz CT molecular complexity index is 501. The average molecular weight is 293 g/mol. The summed E-state index contributed by atoms with van der Waals surface area (Å²) in [5, 5.41) is 1.23. The molecular weight excluding hydrogens is 270 g/mol. The van der Waals surface area contributed by atoms with Crippen LogP contribution in [-0.4, -0.2) is 33.1 Å². The Hall–Kier alpha value is -2.11. The highest BCUT2D eigenvalue weighted by Crippen LogP contribution is 2.15. The molecule has 6 nitrogen and oxygen atoms in total. The van der Waals surface area contributed by atoms with E-state index in [0.29, 0.717) is 0 Å². The normalized spacial score (nSPS) is 11.7. The zero-order chi connectivity index (χ0) is 16.3. The third-order valence-corrected chi connectivity index (χ3v) is 2.36. The predicted octanol–water partition coefficient (Wildman–Crippen LogP) is 2.76. The van der Waals surface area contributed by atoms with Gasteiger partial charge in [-0.05, 0) is 53.7 Å². The van der Waals surface area contributed by atoms with Gasteiger partial charge in [-0.25, -0.2) is 15.2 Å². The van der Waals surface area contributed by atoms with Crippen molar-refractivity contribution >= 4 is 12.0 Å². The molecule has 0 aromatic carbocycles. The molecule has 1 heterocycles. The molecule has 1 aromatic rings. The van der Waals surface area contributed by atoms with Gasteiger partial charge in [0.05, 0.1) is 5.54 Å². The highest BCUT2D eigenvalue weighted by atomic mass is 16.6. The number of amides is 2. The van der Waals surface area contributed by atoms with Crippen molar-refractivity contribution in [2.24, 2.45) is 0 Å². The first-order chi connectivity index (χ1) is 9.50. The van der Waals surface area contributed by atoms with Gasteiger partial charge in [-0.1, -0.05) is 6.07 Å². The monoisotopic (exact) mass is 293 g/mol. The van der Waals surface area contributed by atoms with Gasteiger partial charge in [0.1, 0.15) is 11.3 Å². The van der Waals surface area contributed by atoms with Crippen molar-refractivity contribution in [1.29, 1.82) is 0 Å². The number of ether oxygens (including phenoxy) is 1. The van der Waals surface area contributed by atoms with E-state index >= 15 is 0 Å². The number of carbonyl (C=O) groups is 2. The van der Waals surface area contributed by atoms with Crippen molar-refractivity contribution in [2.75, 3.05) is 0 Å². The summed E-state index contributed by atoms with van der Waals surface area (Å²) >= 11 is 0. The van der Waals surface area contributed by atoms with Crippen LogP contribution in [0.5, 0.6) is 0 Å². The number of hydrogen-bond donors (Lipinski definition) is 1.